The molecule has 2 rings (SSSR count). The number of morpholine rings is 1. The molecule has 0 amide bonds. The largest absolute Gasteiger partial charge is 0.394 e. The van der Waals surface area contributed by atoms with Gasteiger partial charge in [0.25, 0.3) is 0 Å². The summed E-state index contributed by atoms with van der Waals surface area (Å²) in [5.74, 6) is 0. The number of benzene rings is 1. The molecular formula is C14H21NO3. The number of rotatable bonds is 4. The second kappa shape index (κ2) is 6.29. The van der Waals surface area contributed by atoms with E-state index in [0.717, 1.165) is 12.1 Å². The summed E-state index contributed by atoms with van der Waals surface area (Å²) in [6.45, 7) is 4.06. The summed E-state index contributed by atoms with van der Waals surface area (Å²) in [6, 6.07) is 9.65. The average Bonchev–Trinajstić information content (AvgIpc) is 2.39. The van der Waals surface area contributed by atoms with Gasteiger partial charge in [-0.1, -0.05) is 30.3 Å². The van der Waals surface area contributed by atoms with Crippen LogP contribution in [-0.4, -0.2) is 53.6 Å². The van der Waals surface area contributed by atoms with Crippen molar-refractivity contribution in [1.29, 1.82) is 0 Å². The molecule has 1 aromatic carbocycles. The van der Waals surface area contributed by atoms with Crippen LogP contribution in [0.15, 0.2) is 30.3 Å². The van der Waals surface area contributed by atoms with Crippen LogP contribution in [0.2, 0.25) is 0 Å². The second-order valence-corrected chi connectivity index (χ2v) is 4.90. The Morgan fingerprint density at radius 2 is 2.06 bits per heavy atom. The van der Waals surface area contributed by atoms with Crippen molar-refractivity contribution in [3.05, 3.63) is 35.9 Å². The lowest BCUT2D eigenvalue weighted by molar-refractivity contribution is -0.102. The topological polar surface area (TPSA) is 52.9 Å². The van der Waals surface area contributed by atoms with E-state index >= 15 is 0 Å². The predicted octanol–water partition coefficient (Wildman–Crippen LogP) is 0.802. The first-order valence-corrected chi connectivity index (χ1v) is 6.40. The molecule has 4 heteroatoms. The molecule has 1 aromatic rings. The van der Waals surface area contributed by atoms with E-state index in [4.69, 9.17) is 9.84 Å². The highest BCUT2D eigenvalue weighted by atomic mass is 16.5. The lowest BCUT2D eigenvalue weighted by Crippen LogP contribution is -2.49. The van der Waals surface area contributed by atoms with Gasteiger partial charge in [-0.3, -0.25) is 4.90 Å². The van der Waals surface area contributed by atoms with E-state index in [1.165, 1.54) is 0 Å². The summed E-state index contributed by atoms with van der Waals surface area (Å²) >= 11 is 0. The van der Waals surface area contributed by atoms with Crippen molar-refractivity contribution >= 4 is 0 Å². The standard InChI is InChI=1S/C14H21NO3/c1-11-7-15(8-13(10-16)18-11)9-14(17)12-5-3-2-4-6-12/h2-6,11,13-14,16-17H,7-10H2,1H3/t11-,13-,14+/m0/s1. The van der Waals surface area contributed by atoms with Crippen LogP contribution in [0, 0.1) is 0 Å². The highest BCUT2D eigenvalue weighted by Crippen LogP contribution is 2.17. The molecule has 0 spiro atoms. The SMILES string of the molecule is C[C@H]1CN(C[C@@H](O)c2ccccc2)C[C@@H](CO)O1. The molecule has 4 nitrogen and oxygen atoms in total. The summed E-state index contributed by atoms with van der Waals surface area (Å²) in [6.07, 6.45) is -0.536. The van der Waals surface area contributed by atoms with Crippen molar-refractivity contribution in [2.75, 3.05) is 26.2 Å². The molecule has 0 aromatic heterocycles. The van der Waals surface area contributed by atoms with Crippen molar-refractivity contribution in [3.8, 4) is 0 Å². The third kappa shape index (κ3) is 3.53. The first-order valence-electron chi connectivity index (χ1n) is 6.40. The number of ether oxygens (including phenoxy) is 1. The maximum atomic E-state index is 10.2. The highest BCUT2D eigenvalue weighted by Gasteiger charge is 2.26. The highest BCUT2D eigenvalue weighted by molar-refractivity contribution is 5.17. The number of aliphatic hydroxyl groups excluding tert-OH is 2. The van der Waals surface area contributed by atoms with Gasteiger partial charge in [0.15, 0.2) is 0 Å². The van der Waals surface area contributed by atoms with Crippen molar-refractivity contribution in [1.82, 2.24) is 4.90 Å². The number of hydrogen-bond donors (Lipinski definition) is 2. The Balaban J connectivity index is 1.92. The minimum atomic E-state index is -0.490. The summed E-state index contributed by atoms with van der Waals surface area (Å²) in [5.41, 5.74) is 0.928. The fourth-order valence-corrected chi connectivity index (χ4v) is 2.42. The van der Waals surface area contributed by atoms with Gasteiger partial charge in [0.1, 0.15) is 0 Å². The van der Waals surface area contributed by atoms with Crippen molar-refractivity contribution < 1.29 is 14.9 Å². The normalized spacial score (nSPS) is 27.1. The molecule has 1 fully saturated rings. The van der Waals surface area contributed by atoms with Crippen LogP contribution >= 0.6 is 0 Å². The van der Waals surface area contributed by atoms with Gasteiger partial charge in [-0.15, -0.1) is 0 Å². The predicted molar refractivity (Wildman–Crippen MR) is 69.3 cm³/mol. The Morgan fingerprint density at radius 3 is 2.72 bits per heavy atom. The summed E-state index contributed by atoms with van der Waals surface area (Å²) in [4.78, 5) is 2.15. The molecule has 0 aliphatic carbocycles. The third-order valence-corrected chi connectivity index (χ3v) is 3.22. The Bertz CT molecular complexity index is 357. The van der Waals surface area contributed by atoms with E-state index in [-0.39, 0.29) is 18.8 Å². The van der Waals surface area contributed by atoms with E-state index in [1.54, 1.807) is 0 Å². The molecule has 3 atom stereocenters. The molecule has 0 bridgehead atoms. The van der Waals surface area contributed by atoms with Crippen LogP contribution in [0.3, 0.4) is 0 Å². The number of aliphatic hydroxyl groups is 2. The Hall–Kier alpha value is -0.940. The minimum Gasteiger partial charge on any atom is -0.394 e. The smallest absolute Gasteiger partial charge is 0.0936 e. The van der Waals surface area contributed by atoms with Gasteiger partial charge in [-0.2, -0.15) is 0 Å². The lowest BCUT2D eigenvalue weighted by Gasteiger charge is -2.37. The number of β-amino-alcohol motifs (C(OH)–C–C–N with tert-alkyl or cyclic N) is 1. The zero-order valence-corrected chi connectivity index (χ0v) is 10.7. The van der Waals surface area contributed by atoms with E-state index in [1.807, 2.05) is 37.3 Å². The van der Waals surface area contributed by atoms with Crippen LogP contribution in [-0.2, 0) is 4.74 Å². The van der Waals surface area contributed by atoms with E-state index in [9.17, 15) is 5.11 Å². The van der Waals surface area contributed by atoms with Crippen molar-refractivity contribution in [2.45, 2.75) is 25.2 Å². The van der Waals surface area contributed by atoms with Gasteiger partial charge in [0.2, 0.25) is 0 Å². The summed E-state index contributed by atoms with van der Waals surface area (Å²) in [5, 5.41) is 19.3. The molecule has 0 radical (unpaired) electrons. The fourth-order valence-electron chi connectivity index (χ4n) is 2.42. The molecule has 2 N–H and O–H groups in total. The van der Waals surface area contributed by atoms with Crippen LogP contribution in [0.5, 0.6) is 0 Å². The van der Waals surface area contributed by atoms with E-state index in [2.05, 4.69) is 4.90 Å². The average molecular weight is 251 g/mol. The van der Waals surface area contributed by atoms with Crippen LogP contribution < -0.4 is 0 Å². The first-order chi connectivity index (χ1) is 8.69. The van der Waals surface area contributed by atoms with Crippen molar-refractivity contribution in [2.24, 2.45) is 0 Å². The second-order valence-electron chi connectivity index (χ2n) is 4.90. The molecule has 1 aliphatic rings. The quantitative estimate of drug-likeness (QED) is 0.831. The van der Waals surface area contributed by atoms with Gasteiger partial charge >= 0.3 is 0 Å². The summed E-state index contributed by atoms with van der Waals surface area (Å²) in [7, 11) is 0. The molecule has 1 heterocycles. The third-order valence-electron chi connectivity index (χ3n) is 3.22. The molecule has 1 saturated heterocycles. The van der Waals surface area contributed by atoms with E-state index < -0.39 is 6.10 Å². The first kappa shape index (κ1) is 13.5. The van der Waals surface area contributed by atoms with Crippen LogP contribution in [0.4, 0.5) is 0 Å². The Morgan fingerprint density at radius 1 is 1.33 bits per heavy atom. The fraction of sp³-hybridized carbons (Fsp3) is 0.571. The maximum Gasteiger partial charge on any atom is 0.0936 e. The minimum absolute atomic E-state index is 0.0300. The van der Waals surface area contributed by atoms with Gasteiger partial charge in [0, 0.05) is 19.6 Å². The Labute approximate surface area is 108 Å². The van der Waals surface area contributed by atoms with Gasteiger partial charge < -0.3 is 14.9 Å². The van der Waals surface area contributed by atoms with Crippen LogP contribution in [0.25, 0.3) is 0 Å². The van der Waals surface area contributed by atoms with Gasteiger partial charge in [-0.05, 0) is 12.5 Å². The molecular weight excluding hydrogens is 230 g/mol. The van der Waals surface area contributed by atoms with Gasteiger partial charge in [-0.25, -0.2) is 0 Å². The molecule has 100 valence electrons. The van der Waals surface area contributed by atoms with Crippen LogP contribution in [0.1, 0.15) is 18.6 Å². The Kier molecular flexibility index (Phi) is 4.72. The molecule has 18 heavy (non-hydrogen) atoms. The molecule has 0 saturated carbocycles. The van der Waals surface area contributed by atoms with Gasteiger partial charge in [0.05, 0.1) is 24.9 Å². The number of hydrogen-bond acceptors (Lipinski definition) is 4. The molecule has 1 aliphatic heterocycles. The summed E-state index contributed by atoms with van der Waals surface area (Å²) < 4.78 is 5.58. The lowest BCUT2D eigenvalue weighted by atomic mass is 10.1. The maximum absolute atomic E-state index is 10.2. The zero-order chi connectivity index (χ0) is 13.0. The van der Waals surface area contributed by atoms with Crippen molar-refractivity contribution in [3.63, 3.8) is 0 Å². The monoisotopic (exact) mass is 251 g/mol. The zero-order valence-electron chi connectivity index (χ0n) is 10.7. The molecule has 0 unspecified atom stereocenters. The number of nitrogens with zero attached hydrogens (tertiary/aromatic N) is 1. The van der Waals surface area contributed by atoms with E-state index in [0.29, 0.717) is 13.1 Å².